The highest BCUT2D eigenvalue weighted by Crippen LogP contribution is 2.29. The Morgan fingerprint density at radius 2 is 2.20 bits per heavy atom. The third kappa shape index (κ3) is 4.62. The maximum atomic E-state index is 12.3. The van der Waals surface area contributed by atoms with Crippen molar-refractivity contribution in [1.29, 1.82) is 0 Å². The Kier molecular flexibility index (Phi) is 6.24. The molecule has 134 valence electrons. The molecule has 0 saturated carbocycles. The van der Waals surface area contributed by atoms with Crippen molar-refractivity contribution in [3.8, 4) is 0 Å². The molecule has 0 fully saturated rings. The van der Waals surface area contributed by atoms with Gasteiger partial charge in [0.2, 0.25) is 10.0 Å². The lowest BCUT2D eigenvalue weighted by Gasteiger charge is -2.14. The maximum absolute atomic E-state index is 12.3. The molecule has 0 spiro atoms. The van der Waals surface area contributed by atoms with Crippen LogP contribution in [-0.2, 0) is 21.3 Å². The smallest absolute Gasteiger partial charge is 0.340 e. The maximum Gasteiger partial charge on any atom is 0.340 e. The van der Waals surface area contributed by atoms with Crippen molar-refractivity contribution in [3.63, 3.8) is 0 Å². The van der Waals surface area contributed by atoms with Crippen LogP contribution in [0.15, 0.2) is 52.5 Å². The lowest BCUT2D eigenvalue weighted by atomic mass is 10.1. The topological polar surface area (TPSA) is 97.6 Å². The van der Waals surface area contributed by atoms with Crippen LogP contribution in [0.5, 0.6) is 0 Å². The number of ether oxygens (including phenoxy) is 1. The number of nitrogens with one attached hydrogen (secondary N) is 2. The Bertz CT molecular complexity index is 863. The van der Waals surface area contributed by atoms with E-state index in [1.165, 1.54) is 31.6 Å². The molecule has 0 saturated heterocycles. The van der Waals surface area contributed by atoms with Crippen LogP contribution < -0.4 is 10.0 Å². The first-order chi connectivity index (χ1) is 11.9. The number of hydrogen-bond donors (Lipinski definition) is 2. The number of carbonyl (C=O) groups is 1. The van der Waals surface area contributed by atoms with E-state index in [1.54, 1.807) is 12.1 Å². The van der Waals surface area contributed by atoms with Gasteiger partial charge in [0, 0.05) is 6.54 Å². The monoisotopic (exact) mass is 384 g/mol. The Labute approximate surface area is 150 Å². The van der Waals surface area contributed by atoms with E-state index in [-0.39, 0.29) is 28.6 Å². The molecule has 1 aromatic carbocycles. The Morgan fingerprint density at radius 3 is 2.80 bits per heavy atom. The number of methoxy groups -OCH3 is 1. The van der Waals surface area contributed by atoms with Crippen molar-refractivity contribution in [2.45, 2.75) is 11.4 Å². The van der Waals surface area contributed by atoms with Gasteiger partial charge in [-0.05, 0) is 24.3 Å². The molecule has 2 rings (SSSR count). The molecule has 0 amide bonds. The third-order valence-electron chi connectivity index (χ3n) is 3.22. The predicted molar refractivity (Wildman–Crippen MR) is 94.2 cm³/mol. The highest BCUT2D eigenvalue weighted by molar-refractivity contribution is 7.89. The molecule has 0 aliphatic carbocycles. The summed E-state index contributed by atoms with van der Waals surface area (Å²) in [5, 5.41) is 2.95. The average molecular weight is 385 g/mol. The van der Waals surface area contributed by atoms with Gasteiger partial charge in [0.05, 0.1) is 36.2 Å². The van der Waals surface area contributed by atoms with Crippen LogP contribution in [-0.4, -0.2) is 28.0 Å². The minimum atomic E-state index is -3.90. The second-order valence-corrected chi connectivity index (χ2v) is 7.04. The van der Waals surface area contributed by atoms with Crippen LogP contribution in [0.4, 0.5) is 5.69 Å². The lowest BCUT2D eigenvalue weighted by Crippen LogP contribution is -2.24. The van der Waals surface area contributed by atoms with Crippen LogP contribution in [0.3, 0.4) is 0 Å². The minimum absolute atomic E-state index is 0.0325. The van der Waals surface area contributed by atoms with Crippen LogP contribution in [0.1, 0.15) is 16.1 Å². The molecule has 0 unspecified atom stereocenters. The number of hydrogen-bond acceptors (Lipinski definition) is 6. The van der Waals surface area contributed by atoms with Gasteiger partial charge >= 0.3 is 5.97 Å². The zero-order valence-corrected chi connectivity index (χ0v) is 15.0. The van der Waals surface area contributed by atoms with Gasteiger partial charge in [-0.2, -0.15) is 0 Å². The SMILES string of the molecule is C=CCNS(=O)(=O)c1cc(C(=O)OC)c(NCc2ccco2)cc1Cl. The molecule has 0 bridgehead atoms. The predicted octanol–water partition coefficient (Wildman–Crippen LogP) is 2.80. The molecule has 2 aromatic rings. The van der Waals surface area contributed by atoms with Gasteiger partial charge in [-0.1, -0.05) is 17.7 Å². The number of sulfonamides is 1. The third-order valence-corrected chi connectivity index (χ3v) is 5.11. The summed E-state index contributed by atoms with van der Waals surface area (Å²) in [4.78, 5) is 11.8. The molecule has 9 heteroatoms. The molecular weight excluding hydrogens is 368 g/mol. The van der Waals surface area contributed by atoms with E-state index in [9.17, 15) is 13.2 Å². The van der Waals surface area contributed by atoms with E-state index in [0.29, 0.717) is 11.4 Å². The molecule has 1 aromatic heterocycles. The second-order valence-electron chi connectivity index (χ2n) is 4.89. The second kappa shape index (κ2) is 8.19. The van der Waals surface area contributed by atoms with Crippen LogP contribution in [0, 0.1) is 0 Å². The van der Waals surface area contributed by atoms with Crippen molar-refractivity contribution >= 4 is 33.3 Å². The number of furan rings is 1. The van der Waals surface area contributed by atoms with E-state index < -0.39 is 16.0 Å². The van der Waals surface area contributed by atoms with Gasteiger partial charge in [-0.3, -0.25) is 0 Å². The molecular formula is C16H17ClN2O5S. The number of esters is 1. The molecule has 0 radical (unpaired) electrons. The largest absolute Gasteiger partial charge is 0.467 e. The van der Waals surface area contributed by atoms with Gasteiger partial charge in [0.25, 0.3) is 0 Å². The summed E-state index contributed by atoms with van der Waals surface area (Å²) < 4.78 is 36.8. The van der Waals surface area contributed by atoms with Crippen molar-refractivity contribution in [3.05, 3.63) is 59.5 Å². The molecule has 7 nitrogen and oxygen atoms in total. The summed E-state index contributed by atoms with van der Waals surface area (Å²) in [6.45, 7) is 3.77. The molecule has 0 aliphatic rings. The average Bonchev–Trinajstić information content (AvgIpc) is 3.10. The van der Waals surface area contributed by atoms with Crippen LogP contribution in [0.25, 0.3) is 0 Å². The molecule has 0 atom stereocenters. The minimum Gasteiger partial charge on any atom is -0.467 e. The summed E-state index contributed by atoms with van der Waals surface area (Å²) in [6, 6.07) is 6.01. The van der Waals surface area contributed by atoms with Crippen LogP contribution >= 0.6 is 11.6 Å². The Morgan fingerprint density at radius 1 is 1.44 bits per heavy atom. The standard InChI is InChI=1S/C16H17ClN2O5S/c1-3-6-19-25(21,22)15-8-12(16(20)23-2)14(9-13(15)17)18-10-11-5-4-7-24-11/h3-5,7-9,18-19H,1,6,10H2,2H3. The van der Waals surface area contributed by atoms with Crippen LogP contribution in [0.2, 0.25) is 5.02 Å². The molecule has 1 heterocycles. The quantitative estimate of drug-likeness (QED) is 0.536. The van der Waals surface area contributed by atoms with Crippen molar-refractivity contribution < 1.29 is 22.4 Å². The van der Waals surface area contributed by atoms with Gasteiger partial charge in [0.15, 0.2) is 0 Å². The van der Waals surface area contributed by atoms with Crippen molar-refractivity contribution in [1.82, 2.24) is 4.72 Å². The van der Waals surface area contributed by atoms with E-state index in [0.717, 1.165) is 0 Å². The molecule has 2 N–H and O–H groups in total. The fraction of sp³-hybridized carbons (Fsp3) is 0.188. The number of rotatable bonds is 8. The van der Waals surface area contributed by atoms with E-state index >= 15 is 0 Å². The number of benzene rings is 1. The Balaban J connectivity index is 2.41. The van der Waals surface area contributed by atoms with E-state index in [2.05, 4.69) is 16.6 Å². The van der Waals surface area contributed by atoms with Crippen molar-refractivity contribution in [2.75, 3.05) is 19.0 Å². The molecule has 25 heavy (non-hydrogen) atoms. The van der Waals surface area contributed by atoms with Gasteiger partial charge in [0.1, 0.15) is 10.7 Å². The molecule has 0 aliphatic heterocycles. The Hall–Kier alpha value is -2.29. The first-order valence-electron chi connectivity index (χ1n) is 7.17. The normalized spacial score (nSPS) is 11.1. The van der Waals surface area contributed by atoms with E-state index in [1.807, 2.05) is 0 Å². The zero-order valence-electron chi connectivity index (χ0n) is 13.4. The lowest BCUT2D eigenvalue weighted by molar-refractivity contribution is 0.0601. The summed E-state index contributed by atoms with van der Waals surface area (Å²) in [7, 11) is -2.69. The first-order valence-corrected chi connectivity index (χ1v) is 9.04. The van der Waals surface area contributed by atoms with Gasteiger partial charge < -0.3 is 14.5 Å². The summed E-state index contributed by atoms with van der Waals surface area (Å²) in [5.41, 5.74) is 0.369. The summed E-state index contributed by atoms with van der Waals surface area (Å²) in [6.07, 6.45) is 2.91. The summed E-state index contributed by atoms with van der Waals surface area (Å²) in [5.74, 6) is -0.0601. The zero-order chi connectivity index (χ0) is 18.4. The van der Waals surface area contributed by atoms with Gasteiger partial charge in [-0.25, -0.2) is 17.9 Å². The fourth-order valence-electron chi connectivity index (χ4n) is 2.03. The van der Waals surface area contributed by atoms with E-state index in [4.69, 9.17) is 20.8 Å². The highest BCUT2D eigenvalue weighted by atomic mass is 35.5. The van der Waals surface area contributed by atoms with Crippen molar-refractivity contribution in [2.24, 2.45) is 0 Å². The summed E-state index contributed by atoms with van der Waals surface area (Å²) >= 11 is 6.11. The highest BCUT2D eigenvalue weighted by Gasteiger charge is 2.23. The number of anilines is 1. The first kappa shape index (κ1) is 19.0. The number of halogens is 1. The van der Waals surface area contributed by atoms with Gasteiger partial charge in [-0.15, -0.1) is 6.58 Å². The number of carbonyl (C=O) groups excluding carboxylic acids is 1. The fourth-order valence-corrected chi connectivity index (χ4v) is 3.58.